The first-order valence-electron chi connectivity index (χ1n) is 6.98. The molecule has 118 valence electrons. The molecule has 0 atom stereocenters. The Hall–Kier alpha value is -2.79. The van der Waals surface area contributed by atoms with Gasteiger partial charge in [-0.3, -0.25) is 4.79 Å². The van der Waals surface area contributed by atoms with Crippen molar-refractivity contribution >= 4 is 39.5 Å². The number of aryl methyl sites for hydroxylation is 1. The molecule has 0 aliphatic carbocycles. The first kappa shape index (κ1) is 16.6. The van der Waals surface area contributed by atoms with Gasteiger partial charge in [-0.1, -0.05) is 0 Å². The van der Waals surface area contributed by atoms with Gasteiger partial charge < -0.3 is 10.6 Å². The number of benzene rings is 1. The molecule has 2 aromatic rings. The van der Waals surface area contributed by atoms with Crippen LogP contribution in [0, 0.1) is 18.3 Å². The van der Waals surface area contributed by atoms with E-state index in [2.05, 4.69) is 31.3 Å². The van der Waals surface area contributed by atoms with E-state index in [1.807, 2.05) is 13.0 Å². The number of rotatable bonds is 5. The van der Waals surface area contributed by atoms with Crippen molar-refractivity contribution in [2.75, 3.05) is 17.2 Å². The van der Waals surface area contributed by atoms with Crippen LogP contribution in [-0.4, -0.2) is 16.8 Å². The molecule has 0 aliphatic heterocycles. The zero-order valence-corrected chi connectivity index (χ0v) is 13.9. The molecule has 0 radical (unpaired) electrons. The number of azo groups is 1. The number of nitrogens with one attached hydrogen (secondary N) is 2. The maximum atomic E-state index is 11.4. The third-order valence-electron chi connectivity index (χ3n) is 2.89. The molecular formula is C15H16N6OS. The van der Waals surface area contributed by atoms with Gasteiger partial charge in [-0.05, 0) is 43.6 Å². The fourth-order valence-corrected chi connectivity index (χ4v) is 2.56. The topological polar surface area (TPSA) is 103 Å². The van der Waals surface area contributed by atoms with Gasteiger partial charge in [0.1, 0.15) is 17.3 Å². The minimum Gasteiger partial charge on any atom is -0.385 e. The number of nitriles is 1. The summed E-state index contributed by atoms with van der Waals surface area (Å²) in [5.41, 5.74) is 3.00. The third kappa shape index (κ3) is 4.11. The molecule has 0 saturated heterocycles. The maximum Gasteiger partial charge on any atom is 0.221 e. The van der Waals surface area contributed by atoms with Crippen molar-refractivity contribution in [1.29, 1.82) is 5.26 Å². The normalized spacial score (nSPS) is 10.5. The quantitative estimate of drug-likeness (QED) is 0.805. The molecule has 1 heterocycles. The Morgan fingerprint density at radius 1 is 1.43 bits per heavy atom. The summed E-state index contributed by atoms with van der Waals surface area (Å²) in [5.74, 6) is -0.193. The number of carbonyl (C=O) groups excluding carboxylic acids is 1. The second-order valence-corrected chi connectivity index (χ2v) is 5.46. The molecule has 23 heavy (non-hydrogen) atoms. The molecule has 0 aliphatic rings. The first-order chi connectivity index (χ1) is 11.0. The highest BCUT2D eigenvalue weighted by molar-refractivity contribution is 7.10. The van der Waals surface area contributed by atoms with Crippen LogP contribution in [0.5, 0.6) is 0 Å². The second-order valence-electron chi connectivity index (χ2n) is 4.70. The van der Waals surface area contributed by atoms with Gasteiger partial charge in [-0.15, -0.1) is 10.2 Å². The maximum absolute atomic E-state index is 11.4. The van der Waals surface area contributed by atoms with Crippen LogP contribution < -0.4 is 10.6 Å². The van der Waals surface area contributed by atoms with Crippen molar-refractivity contribution in [3.8, 4) is 6.07 Å². The average Bonchev–Trinajstić information content (AvgIpc) is 2.86. The summed E-state index contributed by atoms with van der Waals surface area (Å²) in [4.78, 5) is 11.4. The van der Waals surface area contributed by atoms with Crippen molar-refractivity contribution in [3.63, 3.8) is 0 Å². The molecule has 7 nitrogen and oxygen atoms in total. The van der Waals surface area contributed by atoms with Crippen molar-refractivity contribution in [1.82, 2.24) is 4.37 Å². The van der Waals surface area contributed by atoms with Crippen molar-refractivity contribution in [2.45, 2.75) is 20.8 Å². The molecular weight excluding hydrogens is 312 g/mol. The van der Waals surface area contributed by atoms with Crippen LogP contribution in [0.2, 0.25) is 0 Å². The van der Waals surface area contributed by atoms with Crippen LogP contribution in [0.1, 0.15) is 25.1 Å². The van der Waals surface area contributed by atoms with E-state index in [0.717, 1.165) is 23.8 Å². The van der Waals surface area contributed by atoms with Crippen molar-refractivity contribution in [3.05, 3.63) is 29.5 Å². The average molecular weight is 328 g/mol. The van der Waals surface area contributed by atoms with Crippen LogP contribution in [0.3, 0.4) is 0 Å². The predicted molar refractivity (Wildman–Crippen MR) is 90.7 cm³/mol. The summed E-state index contributed by atoms with van der Waals surface area (Å²) >= 11 is 1.12. The fraction of sp³-hybridized carbons (Fsp3) is 0.267. The highest BCUT2D eigenvalue weighted by Crippen LogP contribution is 2.32. The Kier molecular flexibility index (Phi) is 5.38. The number of nitrogens with zero attached hydrogens (tertiary/aromatic N) is 4. The highest BCUT2D eigenvalue weighted by atomic mass is 32.1. The van der Waals surface area contributed by atoms with E-state index in [1.165, 1.54) is 6.92 Å². The summed E-state index contributed by atoms with van der Waals surface area (Å²) in [5, 5.41) is 23.7. The van der Waals surface area contributed by atoms with Gasteiger partial charge in [-0.25, -0.2) is 0 Å². The number of amides is 1. The number of anilines is 2. The van der Waals surface area contributed by atoms with Crippen LogP contribution in [0.4, 0.5) is 22.1 Å². The zero-order chi connectivity index (χ0) is 16.8. The first-order valence-corrected chi connectivity index (χ1v) is 7.76. The van der Waals surface area contributed by atoms with Crippen molar-refractivity contribution < 1.29 is 4.79 Å². The summed E-state index contributed by atoms with van der Waals surface area (Å²) in [6, 6.07) is 7.47. The molecule has 1 amide bonds. The molecule has 0 fully saturated rings. The van der Waals surface area contributed by atoms with Gasteiger partial charge in [0, 0.05) is 19.2 Å². The molecule has 1 aromatic heterocycles. The summed E-state index contributed by atoms with van der Waals surface area (Å²) in [7, 11) is 0. The minimum absolute atomic E-state index is 0.193. The van der Waals surface area contributed by atoms with E-state index < -0.39 is 0 Å². The Balaban J connectivity index is 2.36. The lowest BCUT2D eigenvalue weighted by molar-refractivity contribution is -0.114. The van der Waals surface area contributed by atoms with Gasteiger partial charge in [-0.2, -0.15) is 9.64 Å². The van der Waals surface area contributed by atoms with Gasteiger partial charge >= 0.3 is 0 Å². The predicted octanol–water partition coefficient (Wildman–Crippen LogP) is 4.13. The van der Waals surface area contributed by atoms with Crippen LogP contribution in [-0.2, 0) is 4.79 Å². The summed E-state index contributed by atoms with van der Waals surface area (Å²) in [6.45, 7) is 5.94. The lowest BCUT2D eigenvalue weighted by atomic mass is 10.2. The van der Waals surface area contributed by atoms with Gasteiger partial charge in [0.05, 0.1) is 11.4 Å². The smallest absolute Gasteiger partial charge is 0.221 e. The SMILES string of the molecule is CCNc1ccc(N=Nc2snc(C)c2C#N)c(NC(C)=O)c1. The standard InChI is InChI=1S/C15H16N6OS/c1-4-17-11-5-6-13(14(7-11)18-10(3)22)19-20-15-12(8-16)9(2)21-23-15/h5-7,17H,4H2,1-3H3,(H,18,22). The largest absolute Gasteiger partial charge is 0.385 e. The van der Waals surface area contributed by atoms with Crippen LogP contribution >= 0.6 is 11.5 Å². The van der Waals surface area contributed by atoms with Gasteiger partial charge in [0.25, 0.3) is 0 Å². The molecule has 1 aromatic carbocycles. The van der Waals surface area contributed by atoms with Crippen LogP contribution in [0.25, 0.3) is 0 Å². The lowest BCUT2D eigenvalue weighted by Crippen LogP contribution is -2.06. The number of carbonyl (C=O) groups is 1. The molecule has 0 saturated carbocycles. The van der Waals surface area contributed by atoms with Crippen LogP contribution in [0.15, 0.2) is 28.4 Å². The van der Waals surface area contributed by atoms with E-state index in [9.17, 15) is 4.79 Å². The summed E-state index contributed by atoms with van der Waals surface area (Å²) in [6.07, 6.45) is 0. The number of hydrogen-bond acceptors (Lipinski definition) is 7. The lowest BCUT2D eigenvalue weighted by Gasteiger charge is -2.09. The Labute approximate surface area is 138 Å². The number of aromatic nitrogens is 1. The molecule has 0 bridgehead atoms. The van der Waals surface area contributed by atoms with E-state index in [-0.39, 0.29) is 5.91 Å². The second kappa shape index (κ2) is 7.47. The van der Waals surface area contributed by atoms with Crippen molar-refractivity contribution in [2.24, 2.45) is 10.2 Å². The molecule has 2 rings (SSSR count). The molecule has 0 spiro atoms. The zero-order valence-electron chi connectivity index (χ0n) is 13.0. The highest BCUT2D eigenvalue weighted by Gasteiger charge is 2.10. The monoisotopic (exact) mass is 328 g/mol. The molecule has 0 unspecified atom stereocenters. The van der Waals surface area contributed by atoms with E-state index >= 15 is 0 Å². The number of hydrogen-bond donors (Lipinski definition) is 2. The Bertz CT molecular complexity index is 790. The Morgan fingerprint density at radius 2 is 2.22 bits per heavy atom. The molecule has 2 N–H and O–H groups in total. The Morgan fingerprint density at radius 3 is 2.87 bits per heavy atom. The summed E-state index contributed by atoms with van der Waals surface area (Å²) < 4.78 is 4.09. The molecule has 8 heteroatoms. The van der Waals surface area contributed by atoms with Gasteiger partial charge in [0.2, 0.25) is 5.91 Å². The van der Waals surface area contributed by atoms with E-state index in [0.29, 0.717) is 27.6 Å². The van der Waals surface area contributed by atoms with E-state index in [4.69, 9.17) is 5.26 Å². The van der Waals surface area contributed by atoms with E-state index in [1.54, 1.807) is 19.1 Å². The third-order valence-corrected chi connectivity index (χ3v) is 3.72. The van der Waals surface area contributed by atoms with Gasteiger partial charge in [0.15, 0.2) is 5.00 Å². The fourth-order valence-electron chi connectivity index (χ4n) is 1.88. The minimum atomic E-state index is -0.193.